The van der Waals surface area contributed by atoms with Crippen molar-refractivity contribution in [3.63, 3.8) is 0 Å². The summed E-state index contributed by atoms with van der Waals surface area (Å²) in [6.07, 6.45) is -0.451. The number of sulfonamides is 1. The van der Waals surface area contributed by atoms with Crippen LogP contribution in [0.5, 0.6) is 0 Å². The van der Waals surface area contributed by atoms with Crippen LogP contribution < -0.4 is 10.0 Å². The molecule has 1 saturated heterocycles. The van der Waals surface area contributed by atoms with Crippen molar-refractivity contribution >= 4 is 16.0 Å². The Morgan fingerprint density at radius 1 is 1.02 bits per heavy atom. The number of carboxylic acids is 1. The number of carbonyl (C=O) groups is 1. The number of likely N-dealkylation sites (tertiary alicyclic amines) is 1. The van der Waals surface area contributed by atoms with E-state index in [0.29, 0.717) is 19.0 Å². The number of nitrogens with one attached hydrogen (secondary N) is 2. The number of pyridine rings is 1. The molecule has 0 bridgehead atoms. The van der Waals surface area contributed by atoms with Gasteiger partial charge in [0.05, 0.1) is 4.90 Å². The van der Waals surface area contributed by atoms with Crippen LogP contribution >= 0.6 is 0 Å². The van der Waals surface area contributed by atoms with Gasteiger partial charge < -0.3 is 15.3 Å². The van der Waals surface area contributed by atoms with Gasteiger partial charge in [-0.15, -0.1) is 0 Å². The molecule has 0 atom stereocenters. The van der Waals surface area contributed by atoms with Crippen LogP contribution in [0.2, 0.25) is 0 Å². The van der Waals surface area contributed by atoms with Crippen molar-refractivity contribution in [1.82, 2.24) is 19.9 Å². The molecule has 12 heteroatoms. The van der Waals surface area contributed by atoms with Crippen LogP contribution in [0.15, 0.2) is 77.8 Å². The molecule has 1 fully saturated rings. The summed E-state index contributed by atoms with van der Waals surface area (Å²) in [5.74, 6) is -2.76. The van der Waals surface area contributed by atoms with Crippen LogP contribution in [0.1, 0.15) is 24.1 Å². The molecule has 0 radical (unpaired) electrons. The molecule has 0 amide bonds. The summed E-state index contributed by atoms with van der Waals surface area (Å²) in [5, 5.41) is 10.8. The number of nitrogens with zero attached hydrogens (tertiary/aromatic N) is 2. The van der Waals surface area contributed by atoms with Gasteiger partial charge in [0.1, 0.15) is 0 Å². The smallest absolute Gasteiger partial charge is 0.475 e. The van der Waals surface area contributed by atoms with E-state index in [1.807, 2.05) is 24.3 Å². The average Bonchev–Trinajstić information content (AvgIpc) is 2.93. The summed E-state index contributed by atoms with van der Waals surface area (Å²) in [6.45, 7) is 3.45. The van der Waals surface area contributed by atoms with Crippen molar-refractivity contribution in [2.24, 2.45) is 0 Å². The van der Waals surface area contributed by atoms with Gasteiger partial charge in [0.15, 0.2) is 0 Å². The Balaban J connectivity index is 0.000000559. The summed E-state index contributed by atoms with van der Waals surface area (Å²) in [4.78, 5) is 15.8. The summed E-state index contributed by atoms with van der Waals surface area (Å²) in [6, 6.07) is 21.7. The average molecular weight is 579 g/mol. The quantitative estimate of drug-likeness (QED) is 0.351. The van der Waals surface area contributed by atoms with E-state index in [1.54, 1.807) is 24.4 Å². The van der Waals surface area contributed by atoms with Gasteiger partial charge in [-0.2, -0.15) is 13.2 Å². The topological polar surface area (TPSA) is 112 Å². The molecule has 4 rings (SSSR count). The Hall–Kier alpha value is -3.32. The number of benzene rings is 2. The highest BCUT2D eigenvalue weighted by Gasteiger charge is 2.38. The van der Waals surface area contributed by atoms with Gasteiger partial charge in [-0.05, 0) is 73.9 Å². The minimum Gasteiger partial charge on any atom is -0.475 e. The van der Waals surface area contributed by atoms with Crippen LogP contribution in [0, 0.1) is 0 Å². The maximum absolute atomic E-state index is 12.8. The molecule has 0 unspecified atom stereocenters. The third-order valence-electron chi connectivity index (χ3n) is 6.39. The number of aromatic nitrogens is 1. The number of aliphatic carboxylic acids is 1. The summed E-state index contributed by atoms with van der Waals surface area (Å²) in [7, 11) is -1.41. The zero-order chi connectivity index (χ0) is 29.2. The third-order valence-corrected chi connectivity index (χ3v) is 7.85. The van der Waals surface area contributed by atoms with Crippen LogP contribution in [-0.4, -0.2) is 68.3 Å². The maximum Gasteiger partial charge on any atom is 0.490 e. The van der Waals surface area contributed by atoms with Crippen LogP contribution in [0.4, 0.5) is 13.2 Å². The van der Waals surface area contributed by atoms with Crippen molar-refractivity contribution in [2.45, 2.75) is 42.9 Å². The predicted octanol–water partition coefficient (Wildman–Crippen LogP) is 4.09. The molecule has 0 spiro atoms. The van der Waals surface area contributed by atoms with E-state index in [0.717, 1.165) is 36.5 Å². The lowest BCUT2D eigenvalue weighted by atomic mass is 10.0. The highest BCUT2D eigenvalue weighted by Crippen LogP contribution is 2.23. The van der Waals surface area contributed by atoms with Gasteiger partial charge in [-0.1, -0.05) is 42.5 Å². The molecule has 0 aliphatic carbocycles. The largest absolute Gasteiger partial charge is 0.490 e. The number of alkyl halides is 3. The standard InChI is InChI=1S/C26H32N4O2S.C2HF3O2/c1-30-17-13-25(14-18-30)28-20-21-8-10-22(11-9-21)23-5-4-7-26(19-23)33(31,32)29-16-12-24-6-2-3-15-27-24;3-2(4,5)1(6)7/h2-11,15,19,25,28-29H,12-14,16-18,20H2,1H3;(H,6,7). The first kappa shape index (κ1) is 31.2. The van der Waals surface area contributed by atoms with Crippen LogP contribution in [-0.2, 0) is 27.8 Å². The van der Waals surface area contributed by atoms with E-state index in [4.69, 9.17) is 9.90 Å². The monoisotopic (exact) mass is 578 g/mol. The fraction of sp³-hybridized carbons (Fsp3) is 0.357. The van der Waals surface area contributed by atoms with Crippen molar-refractivity contribution < 1.29 is 31.5 Å². The zero-order valence-corrected chi connectivity index (χ0v) is 22.9. The fourth-order valence-corrected chi connectivity index (χ4v) is 5.15. The second kappa shape index (κ2) is 14.4. The van der Waals surface area contributed by atoms with Gasteiger partial charge in [0.2, 0.25) is 10.0 Å². The Bertz CT molecular complexity index is 1330. The second-order valence-electron chi connectivity index (χ2n) is 9.45. The number of halogens is 3. The molecule has 1 aliphatic heterocycles. The molecule has 1 aliphatic rings. The van der Waals surface area contributed by atoms with Gasteiger partial charge >= 0.3 is 12.1 Å². The highest BCUT2D eigenvalue weighted by molar-refractivity contribution is 7.89. The van der Waals surface area contributed by atoms with E-state index in [9.17, 15) is 21.6 Å². The van der Waals surface area contributed by atoms with Gasteiger partial charge in [-0.25, -0.2) is 17.9 Å². The Morgan fingerprint density at radius 3 is 2.30 bits per heavy atom. The maximum atomic E-state index is 12.8. The van der Waals surface area contributed by atoms with E-state index >= 15 is 0 Å². The number of piperidine rings is 1. The second-order valence-corrected chi connectivity index (χ2v) is 11.2. The minimum atomic E-state index is -5.08. The molecule has 2 heterocycles. The lowest BCUT2D eigenvalue weighted by Gasteiger charge is -2.29. The first-order valence-electron chi connectivity index (χ1n) is 12.7. The number of hydrogen-bond donors (Lipinski definition) is 3. The zero-order valence-electron chi connectivity index (χ0n) is 22.1. The first-order chi connectivity index (χ1) is 18.9. The Labute approximate surface area is 232 Å². The molecule has 3 N–H and O–H groups in total. The molecular weight excluding hydrogens is 545 g/mol. The van der Waals surface area contributed by atoms with Crippen molar-refractivity contribution in [3.05, 3.63) is 84.2 Å². The molecule has 0 saturated carbocycles. The van der Waals surface area contributed by atoms with Crippen molar-refractivity contribution in [1.29, 1.82) is 0 Å². The van der Waals surface area contributed by atoms with E-state index in [1.165, 1.54) is 18.4 Å². The molecule has 8 nitrogen and oxygen atoms in total. The first-order valence-corrected chi connectivity index (χ1v) is 14.2. The molecule has 40 heavy (non-hydrogen) atoms. The van der Waals surface area contributed by atoms with Crippen molar-refractivity contribution in [3.8, 4) is 11.1 Å². The number of rotatable bonds is 9. The number of hydrogen-bond acceptors (Lipinski definition) is 6. The van der Waals surface area contributed by atoms with E-state index < -0.39 is 22.2 Å². The predicted molar refractivity (Wildman–Crippen MR) is 146 cm³/mol. The summed E-state index contributed by atoms with van der Waals surface area (Å²) >= 11 is 0. The van der Waals surface area contributed by atoms with Gasteiger partial charge in [0.25, 0.3) is 0 Å². The summed E-state index contributed by atoms with van der Waals surface area (Å²) in [5.41, 5.74) is 3.98. The molecular formula is C28H33F3N4O4S. The molecule has 216 valence electrons. The van der Waals surface area contributed by atoms with Crippen LogP contribution in [0.25, 0.3) is 11.1 Å². The Kier molecular flexibility index (Phi) is 11.2. The third kappa shape index (κ3) is 10.0. The Morgan fingerprint density at radius 2 is 1.70 bits per heavy atom. The van der Waals surface area contributed by atoms with Gasteiger partial charge in [-0.3, -0.25) is 4.98 Å². The van der Waals surface area contributed by atoms with E-state index in [-0.39, 0.29) is 4.90 Å². The van der Waals surface area contributed by atoms with E-state index in [2.05, 4.69) is 51.2 Å². The number of carboxylic acid groups (broad SMARTS) is 1. The minimum absolute atomic E-state index is 0.272. The summed E-state index contributed by atoms with van der Waals surface area (Å²) < 4.78 is 60.0. The molecule has 1 aromatic heterocycles. The van der Waals surface area contributed by atoms with Crippen molar-refractivity contribution in [2.75, 3.05) is 26.7 Å². The molecule has 2 aromatic carbocycles. The normalized spacial score (nSPS) is 14.8. The lowest BCUT2D eigenvalue weighted by molar-refractivity contribution is -0.192. The fourth-order valence-electron chi connectivity index (χ4n) is 4.08. The lowest BCUT2D eigenvalue weighted by Crippen LogP contribution is -2.40. The van der Waals surface area contributed by atoms with Gasteiger partial charge in [0, 0.05) is 37.4 Å². The highest BCUT2D eigenvalue weighted by atomic mass is 32.2. The van der Waals surface area contributed by atoms with Crippen LogP contribution in [0.3, 0.4) is 0 Å². The molecule has 3 aromatic rings. The SMILES string of the molecule is CN1CCC(NCc2ccc(-c3cccc(S(=O)(=O)NCCc4ccccn4)c3)cc2)CC1.O=C(O)C(F)(F)F.